The fourth-order valence-electron chi connectivity index (χ4n) is 1.19. The molecule has 0 atom stereocenters. The van der Waals surface area contributed by atoms with Gasteiger partial charge in [0.2, 0.25) is 0 Å². The molecule has 0 aromatic rings. The quantitative estimate of drug-likeness (QED) is 0.282. The molecule has 0 saturated heterocycles. The van der Waals surface area contributed by atoms with Crippen molar-refractivity contribution >= 4 is 11.9 Å². The van der Waals surface area contributed by atoms with Gasteiger partial charge in [0.25, 0.3) is 0 Å². The van der Waals surface area contributed by atoms with Gasteiger partial charge in [0.05, 0.1) is 6.42 Å². The van der Waals surface area contributed by atoms with E-state index < -0.39 is 11.9 Å². The van der Waals surface area contributed by atoms with Crippen LogP contribution in [0.15, 0.2) is 12.2 Å². The highest BCUT2D eigenvalue weighted by atomic mass is 16.6. The van der Waals surface area contributed by atoms with Crippen molar-refractivity contribution in [3.8, 4) is 0 Å². The normalized spacial score (nSPS) is 10.5. The number of hydrogen-bond donors (Lipinski definition) is 0. The molecule has 86 valence electrons. The number of ether oxygens (including phenoxy) is 1. The molecule has 15 heavy (non-hydrogen) atoms. The van der Waals surface area contributed by atoms with Crippen molar-refractivity contribution in [3.63, 3.8) is 0 Å². The zero-order valence-corrected chi connectivity index (χ0v) is 9.62. The molecule has 0 aliphatic heterocycles. The zero-order valence-electron chi connectivity index (χ0n) is 9.62. The van der Waals surface area contributed by atoms with Crippen molar-refractivity contribution in [1.82, 2.24) is 0 Å². The minimum Gasteiger partial charge on any atom is -0.393 e. The van der Waals surface area contributed by atoms with Crippen LogP contribution in [0.25, 0.3) is 0 Å². The van der Waals surface area contributed by atoms with Crippen LogP contribution in [0.4, 0.5) is 0 Å². The van der Waals surface area contributed by atoms with E-state index in [-0.39, 0.29) is 6.42 Å². The molecular weight excluding hydrogens is 192 g/mol. The van der Waals surface area contributed by atoms with E-state index in [1.54, 1.807) is 6.08 Å². The minimum absolute atomic E-state index is 0.188. The second kappa shape index (κ2) is 9.44. The second-order valence-electron chi connectivity index (χ2n) is 3.49. The van der Waals surface area contributed by atoms with Crippen molar-refractivity contribution in [3.05, 3.63) is 12.2 Å². The Kier molecular flexibility index (Phi) is 8.73. The van der Waals surface area contributed by atoms with E-state index in [4.69, 9.17) is 0 Å². The summed E-state index contributed by atoms with van der Waals surface area (Å²) >= 11 is 0. The predicted molar refractivity (Wildman–Crippen MR) is 59.3 cm³/mol. The molecule has 0 amide bonds. The van der Waals surface area contributed by atoms with Gasteiger partial charge in [-0.1, -0.05) is 38.3 Å². The Hall–Kier alpha value is -1.12. The van der Waals surface area contributed by atoms with Crippen LogP contribution >= 0.6 is 0 Å². The Labute approximate surface area is 91.5 Å². The fourth-order valence-corrected chi connectivity index (χ4v) is 1.19. The maximum absolute atomic E-state index is 10.9. The lowest BCUT2D eigenvalue weighted by molar-refractivity contribution is -0.157. The van der Waals surface area contributed by atoms with Gasteiger partial charge in [0.1, 0.15) is 0 Å². The molecule has 0 fully saturated rings. The van der Waals surface area contributed by atoms with Crippen molar-refractivity contribution in [1.29, 1.82) is 0 Å². The molecule has 0 spiro atoms. The molecule has 0 saturated carbocycles. The van der Waals surface area contributed by atoms with Crippen molar-refractivity contribution in [2.75, 3.05) is 0 Å². The molecule has 0 aromatic heterocycles. The number of rotatable bonds is 7. The number of esters is 2. The van der Waals surface area contributed by atoms with Gasteiger partial charge in [-0.05, 0) is 12.8 Å². The summed E-state index contributed by atoms with van der Waals surface area (Å²) in [5.74, 6) is -1.02. The largest absolute Gasteiger partial charge is 0.393 e. The average Bonchev–Trinajstić information content (AvgIpc) is 2.15. The molecule has 0 bridgehead atoms. The molecule has 0 aromatic carbocycles. The van der Waals surface area contributed by atoms with E-state index in [1.165, 1.54) is 26.2 Å². The Morgan fingerprint density at radius 3 is 2.47 bits per heavy atom. The molecule has 0 aliphatic carbocycles. The SMILES string of the molecule is CCCCCCC=CCC(=O)OC(C)=O. The van der Waals surface area contributed by atoms with Crippen molar-refractivity contribution in [2.24, 2.45) is 0 Å². The lowest BCUT2D eigenvalue weighted by Gasteiger charge is -1.96. The standard InChI is InChI=1S/C12H20O3/c1-3-4-5-6-7-8-9-10-12(14)15-11(2)13/h8-9H,3-7,10H2,1-2H3. The Morgan fingerprint density at radius 1 is 1.13 bits per heavy atom. The van der Waals surface area contributed by atoms with Crippen molar-refractivity contribution in [2.45, 2.75) is 52.4 Å². The van der Waals surface area contributed by atoms with E-state index >= 15 is 0 Å². The van der Waals surface area contributed by atoms with Crippen LogP contribution in [-0.2, 0) is 14.3 Å². The molecule has 0 radical (unpaired) electrons. The molecular formula is C12H20O3. The molecule has 0 rings (SSSR count). The van der Waals surface area contributed by atoms with Gasteiger partial charge in [-0.15, -0.1) is 0 Å². The van der Waals surface area contributed by atoms with Crippen LogP contribution in [0.5, 0.6) is 0 Å². The Bertz CT molecular complexity index is 219. The first-order valence-electron chi connectivity index (χ1n) is 5.53. The van der Waals surface area contributed by atoms with Crippen LogP contribution in [0.3, 0.4) is 0 Å². The summed E-state index contributed by atoms with van der Waals surface area (Å²) in [5.41, 5.74) is 0. The fraction of sp³-hybridized carbons (Fsp3) is 0.667. The Morgan fingerprint density at radius 2 is 1.87 bits per heavy atom. The van der Waals surface area contributed by atoms with Gasteiger partial charge in [-0.25, -0.2) is 0 Å². The van der Waals surface area contributed by atoms with Gasteiger partial charge < -0.3 is 4.74 Å². The molecule has 0 N–H and O–H groups in total. The van der Waals surface area contributed by atoms with Crippen LogP contribution in [0.1, 0.15) is 52.4 Å². The molecule has 3 nitrogen and oxygen atoms in total. The summed E-state index contributed by atoms with van der Waals surface area (Å²) in [6, 6.07) is 0. The molecule has 0 aliphatic rings. The third-order valence-corrected chi connectivity index (χ3v) is 1.93. The Balaban J connectivity index is 3.37. The number of unbranched alkanes of at least 4 members (excludes halogenated alkanes) is 4. The molecule has 0 heterocycles. The first-order chi connectivity index (χ1) is 7.16. The van der Waals surface area contributed by atoms with Gasteiger partial charge in [-0.2, -0.15) is 0 Å². The van der Waals surface area contributed by atoms with Gasteiger partial charge in [-0.3, -0.25) is 9.59 Å². The monoisotopic (exact) mass is 212 g/mol. The second-order valence-corrected chi connectivity index (χ2v) is 3.49. The summed E-state index contributed by atoms with van der Waals surface area (Å²) in [6.45, 7) is 3.40. The molecule has 3 heteroatoms. The van der Waals surface area contributed by atoms with E-state index in [9.17, 15) is 9.59 Å². The summed E-state index contributed by atoms with van der Waals surface area (Å²) in [7, 11) is 0. The third-order valence-electron chi connectivity index (χ3n) is 1.93. The molecule has 0 unspecified atom stereocenters. The number of carbonyl (C=O) groups is 2. The predicted octanol–water partition coefficient (Wildman–Crippen LogP) is 2.99. The minimum atomic E-state index is -0.545. The van der Waals surface area contributed by atoms with Gasteiger partial charge >= 0.3 is 11.9 Å². The smallest absolute Gasteiger partial charge is 0.317 e. The lowest BCUT2D eigenvalue weighted by Crippen LogP contribution is -2.07. The highest BCUT2D eigenvalue weighted by Gasteiger charge is 2.01. The van der Waals surface area contributed by atoms with Crippen LogP contribution < -0.4 is 0 Å². The van der Waals surface area contributed by atoms with E-state index in [0.29, 0.717) is 0 Å². The maximum atomic E-state index is 10.9. The van der Waals surface area contributed by atoms with Crippen LogP contribution in [0.2, 0.25) is 0 Å². The summed E-state index contributed by atoms with van der Waals surface area (Å²) < 4.78 is 4.37. The lowest BCUT2D eigenvalue weighted by atomic mass is 10.1. The highest BCUT2D eigenvalue weighted by molar-refractivity contribution is 5.84. The third kappa shape index (κ3) is 10.8. The number of carbonyl (C=O) groups excluding carboxylic acids is 2. The zero-order chi connectivity index (χ0) is 11.5. The van der Waals surface area contributed by atoms with Gasteiger partial charge in [0, 0.05) is 6.92 Å². The first kappa shape index (κ1) is 13.9. The van der Waals surface area contributed by atoms with Crippen LogP contribution in [0, 0.1) is 0 Å². The maximum Gasteiger partial charge on any atom is 0.317 e. The van der Waals surface area contributed by atoms with Crippen molar-refractivity contribution < 1.29 is 14.3 Å². The van der Waals surface area contributed by atoms with E-state index in [1.807, 2.05) is 6.08 Å². The first-order valence-corrected chi connectivity index (χ1v) is 5.53. The van der Waals surface area contributed by atoms with Gasteiger partial charge in [0.15, 0.2) is 0 Å². The van der Waals surface area contributed by atoms with E-state index in [2.05, 4.69) is 11.7 Å². The average molecular weight is 212 g/mol. The summed E-state index contributed by atoms with van der Waals surface area (Å²) in [5, 5.41) is 0. The summed E-state index contributed by atoms with van der Waals surface area (Å²) in [6.07, 6.45) is 9.80. The van der Waals surface area contributed by atoms with Crippen LogP contribution in [-0.4, -0.2) is 11.9 Å². The number of hydrogen-bond acceptors (Lipinski definition) is 3. The highest BCUT2D eigenvalue weighted by Crippen LogP contribution is 2.03. The topological polar surface area (TPSA) is 43.4 Å². The number of allylic oxidation sites excluding steroid dienone is 1. The van der Waals surface area contributed by atoms with E-state index in [0.717, 1.165) is 12.8 Å². The summed E-state index contributed by atoms with van der Waals surface area (Å²) in [4.78, 5) is 21.3.